The van der Waals surface area contributed by atoms with Crippen molar-refractivity contribution in [2.24, 2.45) is 0 Å². The summed E-state index contributed by atoms with van der Waals surface area (Å²) in [6, 6.07) is 9.15. The Labute approximate surface area is 157 Å². The van der Waals surface area contributed by atoms with Crippen molar-refractivity contribution in [3.8, 4) is 6.07 Å². The molecule has 7 heteroatoms. The molecule has 0 bridgehead atoms. The van der Waals surface area contributed by atoms with E-state index in [0.29, 0.717) is 25.2 Å². The van der Waals surface area contributed by atoms with Gasteiger partial charge in [-0.2, -0.15) is 5.26 Å². The summed E-state index contributed by atoms with van der Waals surface area (Å²) in [5.41, 5.74) is 1.36. The summed E-state index contributed by atoms with van der Waals surface area (Å²) < 4.78 is 5.30. The van der Waals surface area contributed by atoms with Gasteiger partial charge in [0.25, 0.3) is 5.91 Å². The third kappa shape index (κ3) is 3.67. The first-order chi connectivity index (χ1) is 13.1. The lowest BCUT2D eigenvalue weighted by Crippen LogP contribution is -2.43. The van der Waals surface area contributed by atoms with Gasteiger partial charge in [-0.05, 0) is 43.5 Å². The fourth-order valence-electron chi connectivity index (χ4n) is 3.95. The highest BCUT2D eigenvalue weighted by molar-refractivity contribution is 5.97. The second-order valence-corrected chi connectivity index (χ2v) is 7.24. The molecule has 1 aromatic carbocycles. The maximum Gasteiger partial charge on any atom is 0.251 e. The molecule has 1 N–H and O–H groups in total. The van der Waals surface area contributed by atoms with Crippen LogP contribution in [0.4, 0.5) is 0 Å². The molecule has 1 unspecified atom stereocenters. The van der Waals surface area contributed by atoms with Crippen LogP contribution < -0.4 is 5.32 Å². The number of carbonyl (C=O) groups excluding carboxylic acids is 2. The SMILES string of the molecule is N#CC1CCCN1C(=O)CN1CC[C@H](NC(=O)c2ccc3occc3c2)C1. The second kappa shape index (κ2) is 7.41. The molecule has 2 aliphatic rings. The standard InChI is InChI=1S/C20H22N4O3/c21-11-17-2-1-7-24(17)19(25)13-23-8-5-16(12-23)22-20(26)15-3-4-18-14(10-15)6-9-27-18/h3-4,6,9-10,16-17H,1-2,5,7-8,12-13H2,(H,22,26)/t16-,17?/m0/s1. The minimum Gasteiger partial charge on any atom is -0.464 e. The van der Waals surface area contributed by atoms with Crippen LogP contribution in [0.25, 0.3) is 11.0 Å². The normalized spacial score (nSPS) is 22.9. The zero-order valence-corrected chi connectivity index (χ0v) is 15.1. The third-order valence-electron chi connectivity index (χ3n) is 5.40. The molecule has 7 nitrogen and oxygen atoms in total. The van der Waals surface area contributed by atoms with E-state index >= 15 is 0 Å². The lowest BCUT2D eigenvalue weighted by molar-refractivity contribution is -0.132. The number of hydrogen-bond acceptors (Lipinski definition) is 5. The fraction of sp³-hybridized carbons (Fsp3) is 0.450. The highest BCUT2D eigenvalue weighted by Gasteiger charge is 2.31. The average molecular weight is 366 g/mol. The Hall–Kier alpha value is -2.85. The number of hydrogen-bond donors (Lipinski definition) is 1. The number of benzene rings is 1. The van der Waals surface area contributed by atoms with Gasteiger partial charge in [-0.3, -0.25) is 14.5 Å². The van der Waals surface area contributed by atoms with Crippen molar-refractivity contribution in [2.45, 2.75) is 31.3 Å². The average Bonchev–Trinajstić information content (AvgIpc) is 3.41. The van der Waals surface area contributed by atoms with Crippen LogP contribution in [-0.4, -0.2) is 59.9 Å². The lowest BCUT2D eigenvalue weighted by Gasteiger charge is -2.23. The minimum absolute atomic E-state index is 0.0106. The van der Waals surface area contributed by atoms with E-state index in [0.717, 1.165) is 36.8 Å². The number of likely N-dealkylation sites (tertiary alicyclic amines) is 2. The summed E-state index contributed by atoms with van der Waals surface area (Å²) in [5, 5.41) is 13.1. The van der Waals surface area contributed by atoms with Gasteiger partial charge in [0.2, 0.25) is 5.91 Å². The van der Waals surface area contributed by atoms with Gasteiger partial charge in [-0.1, -0.05) is 0 Å². The summed E-state index contributed by atoms with van der Waals surface area (Å²) in [6.07, 6.45) is 4.08. The Balaban J connectivity index is 1.31. The molecule has 2 amide bonds. The van der Waals surface area contributed by atoms with E-state index in [9.17, 15) is 9.59 Å². The highest BCUT2D eigenvalue weighted by Crippen LogP contribution is 2.19. The highest BCUT2D eigenvalue weighted by atomic mass is 16.3. The molecule has 2 atom stereocenters. The van der Waals surface area contributed by atoms with Crippen LogP contribution >= 0.6 is 0 Å². The monoisotopic (exact) mass is 366 g/mol. The molecular weight excluding hydrogens is 344 g/mol. The van der Waals surface area contributed by atoms with Crippen molar-refractivity contribution in [1.29, 1.82) is 5.26 Å². The predicted molar refractivity (Wildman–Crippen MR) is 98.9 cm³/mol. The van der Waals surface area contributed by atoms with E-state index in [4.69, 9.17) is 9.68 Å². The predicted octanol–water partition coefficient (Wildman–Crippen LogP) is 1.75. The Morgan fingerprint density at radius 1 is 1.26 bits per heavy atom. The topological polar surface area (TPSA) is 89.6 Å². The molecule has 140 valence electrons. The molecule has 2 aromatic rings. The van der Waals surface area contributed by atoms with Gasteiger partial charge >= 0.3 is 0 Å². The Bertz CT molecular complexity index is 900. The molecule has 0 spiro atoms. The van der Waals surface area contributed by atoms with Crippen molar-refractivity contribution in [2.75, 3.05) is 26.2 Å². The number of nitriles is 1. The van der Waals surface area contributed by atoms with Crippen LogP contribution in [0, 0.1) is 11.3 Å². The summed E-state index contributed by atoms with van der Waals surface area (Å²) in [7, 11) is 0. The summed E-state index contributed by atoms with van der Waals surface area (Å²) >= 11 is 0. The van der Waals surface area contributed by atoms with E-state index in [1.807, 2.05) is 12.1 Å². The first kappa shape index (κ1) is 17.6. The molecule has 2 saturated heterocycles. The molecule has 1 aromatic heterocycles. The van der Waals surface area contributed by atoms with Gasteiger partial charge in [0.15, 0.2) is 0 Å². The Morgan fingerprint density at radius 3 is 3.00 bits per heavy atom. The molecular formula is C20H22N4O3. The van der Waals surface area contributed by atoms with Gasteiger partial charge in [0.1, 0.15) is 11.6 Å². The molecule has 3 heterocycles. The van der Waals surface area contributed by atoms with E-state index in [1.165, 1.54) is 0 Å². The number of amides is 2. The fourth-order valence-corrected chi connectivity index (χ4v) is 3.95. The van der Waals surface area contributed by atoms with E-state index in [-0.39, 0.29) is 23.9 Å². The molecule has 2 aliphatic heterocycles. The number of carbonyl (C=O) groups is 2. The van der Waals surface area contributed by atoms with E-state index in [2.05, 4.69) is 16.3 Å². The number of furan rings is 1. The van der Waals surface area contributed by atoms with Crippen LogP contribution in [-0.2, 0) is 4.79 Å². The van der Waals surface area contributed by atoms with Crippen LogP contribution in [0.2, 0.25) is 0 Å². The zero-order valence-electron chi connectivity index (χ0n) is 15.1. The molecule has 0 radical (unpaired) electrons. The molecule has 0 saturated carbocycles. The Kier molecular flexibility index (Phi) is 4.82. The van der Waals surface area contributed by atoms with Crippen LogP contribution in [0.5, 0.6) is 0 Å². The van der Waals surface area contributed by atoms with Crippen LogP contribution in [0.3, 0.4) is 0 Å². The largest absolute Gasteiger partial charge is 0.464 e. The lowest BCUT2D eigenvalue weighted by atomic mass is 10.1. The Morgan fingerprint density at radius 2 is 2.15 bits per heavy atom. The summed E-state index contributed by atoms with van der Waals surface area (Å²) in [4.78, 5) is 28.7. The first-order valence-electron chi connectivity index (χ1n) is 9.33. The molecule has 27 heavy (non-hydrogen) atoms. The van der Waals surface area contributed by atoms with Crippen molar-refractivity contribution in [3.63, 3.8) is 0 Å². The van der Waals surface area contributed by atoms with Crippen molar-refractivity contribution in [3.05, 3.63) is 36.1 Å². The minimum atomic E-state index is -0.284. The molecule has 0 aliphatic carbocycles. The number of nitrogens with zero attached hydrogens (tertiary/aromatic N) is 3. The van der Waals surface area contributed by atoms with E-state index < -0.39 is 0 Å². The van der Waals surface area contributed by atoms with Gasteiger partial charge in [-0.15, -0.1) is 0 Å². The number of rotatable bonds is 4. The second-order valence-electron chi connectivity index (χ2n) is 7.24. The zero-order chi connectivity index (χ0) is 18.8. The third-order valence-corrected chi connectivity index (χ3v) is 5.40. The molecule has 2 fully saturated rings. The van der Waals surface area contributed by atoms with Crippen LogP contribution in [0.15, 0.2) is 34.9 Å². The number of fused-ring (bicyclic) bond motifs is 1. The summed E-state index contributed by atoms with van der Waals surface area (Å²) in [6.45, 7) is 2.39. The van der Waals surface area contributed by atoms with Crippen molar-refractivity contribution in [1.82, 2.24) is 15.1 Å². The van der Waals surface area contributed by atoms with Gasteiger partial charge < -0.3 is 14.6 Å². The first-order valence-corrected chi connectivity index (χ1v) is 9.33. The maximum absolute atomic E-state index is 12.5. The van der Waals surface area contributed by atoms with Gasteiger partial charge in [-0.25, -0.2) is 0 Å². The van der Waals surface area contributed by atoms with Crippen molar-refractivity contribution >= 4 is 22.8 Å². The van der Waals surface area contributed by atoms with Gasteiger partial charge in [0.05, 0.1) is 18.9 Å². The van der Waals surface area contributed by atoms with E-state index in [1.54, 1.807) is 23.3 Å². The molecule has 4 rings (SSSR count). The summed E-state index contributed by atoms with van der Waals surface area (Å²) in [5.74, 6) is -0.100. The smallest absolute Gasteiger partial charge is 0.251 e. The maximum atomic E-state index is 12.5. The van der Waals surface area contributed by atoms with Crippen LogP contribution in [0.1, 0.15) is 29.6 Å². The quantitative estimate of drug-likeness (QED) is 0.890. The number of nitrogens with one attached hydrogen (secondary N) is 1. The van der Waals surface area contributed by atoms with Gasteiger partial charge in [0, 0.05) is 36.6 Å². The van der Waals surface area contributed by atoms with Crippen molar-refractivity contribution < 1.29 is 14.0 Å².